The zero-order valence-corrected chi connectivity index (χ0v) is 12.1. The second-order valence-corrected chi connectivity index (χ2v) is 5.02. The van der Waals surface area contributed by atoms with Gasteiger partial charge < -0.3 is 10.1 Å². The van der Waals surface area contributed by atoms with E-state index in [1.165, 1.54) is 11.1 Å². The molecule has 0 saturated carbocycles. The van der Waals surface area contributed by atoms with Crippen LogP contribution in [0.3, 0.4) is 0 Å². The van der Waals surface area contributed by atoms with Crippen LogP contribution < -0.4 is 10.1 Å². The number of rotatable bonds is 4. The molecule has 0 aromatic heterocycles. The van der Waals surface area contributed by atoms with Crippen LogP contribution in [-0.2, 0) is 6.54 Å². The summed E-state index contributed by atoms with van der Waals surface area (Å²) in [5.41, 5.74) is 3.60. The lowest BCUT2D eigenvalue weighted by Crippen LogP contribution is -1.99. The topological polar surface area (TPSA) is 21.3 Å². The summed E-state index contributed by atoms with van der Waals surface area (Å²) in [6, 6.07) is 14.3. The number of hydrogen-bond acceptors (Lipinski definition) is 2. The van der Waals surface area contributed by atoms with E-state index in [1.807, 2.05) is 12.1 Å². The molecule has 0 bridgehead atoms. The van der Waals surface area contributed by atoms with E-state index in [4.69, 9.17) is 4.74 Å². The Kier molecular flexibility index (Phi) is 4.26. The molecule has 0 saturated heterocycles. The van der Waals surface area contributed by atoms with Gasteiger partial charge in [0.05, 0.1) is 7.11 Å². The molecule has 0 aliphatic heterocycles. The van der Waals surface area contributed by atoms with Crippen molar-refractivity contribution >= 4 is 21.6 Å². The molecule has 2 aromatic rings. The molecule has 2 aromatic carbocycles. The highest BCUT2D eigenvalue weighted by Gasteiger charge is 1.98. The lowest BCUT2D eigenvalue weighted by atomic mass is 10.2. The van der Waals surface area contributed by atoms with Crippen molar-refractivity contribution in [3.8, 4) is 5.75 Å². The molecule has 1 N–H and O–H groups in total. The maximum absolute atomic E-state index is 5.14. The number of nitrogens with one attached hydrogen (secondary N) is 1. The molecular formula is C15H16BrNO. The molecule has 0 heterocycles. The molecule has 2 rings (SSSR count). The first-order valence-corrected chi connectivity index (χ1v) is 6.61. The van der Waals surface area contributed by atoms with Crippen molar-refractivity contribution < 1.29 is 4.74 Å². The predicted molar refractivity (Wildman–Crippen MR) is 79.2 cm³/mol. The fraction of sp³-hybridized carbons (Fsp3) is 0.200. The Hall–Kier alpha value is -1.48. The van der Waals surface area contributed by atoms with Crippen LogP contribution in [0, 0.1) is 6.92 Å². The molecule has 0 fully saturated rings. The second-order valence-electron chi connectivity index (χ2n) is 4.17. The van der Waals surface area contributed by atoms with Gasteiger partial charge >= 0.3 is 0 Å². The van der Waals surface area contributed by atoms with E-state index < -0.39 is 0 Å². The minimum atomic E-state index is 0.811. The Bertz CT molecular complexity index is 523. The van der Waals surface area contributed by atoms with Crippen molar-refractivity contribution in [3.63, 3.8) is 0 Å². The van der Waals surface area contributed by atoms with Crippen molar-refractivity contribution in [1.29, 1.82) is 0 Å². The molecule has 0 atom stereocenters. The Morgan fingerprint density at radius 3 is 2.44 bits per heavy atom. The van der Waals surface area contributed by atoms with Crippen molar-refractivity contribution in [2.24, 2.45) is 0 Å². The summed E-state index contributed by atoms with van der Waals surface area (Å²) in [7, 11) is 1.68. The molecule has 3 heteroatoms. The summed E-state index contributed by atoms with van der Waals surface area (Å²) < 4.78 is 6.27. The van der Waals surface area contributed by atoms with E-state index in [2.05, 4.69) is 58.5 Å². The van der Waals surface area contributed by atoms with Crippen molar-refractivity contribution in [2.45, 2.75) is 13.5 Å². The predicted octanol–water partition coefficient (Wildman–Crippen LogP) is 4.38. The number of anilines is 1. The van der Waals surface area contributed by atoms with Gasteiger partial charge in [-0.1, -0.05) is 28.1 Å². The highest BCUT2D eigenvalue weighted by molar-refractivity contribution is 9.10. The van der Waals surface area contributed by atoms with E-state index in [-0.39, 0.29) is 0 Å². The molecule has 0 aliphatic rings. The van der Waals surface area contributed by atoms with Crippen molar-refractivity contribution in [2.75, 3.05) is 12.4 Å². The molecule has 0 aliphatic carbocycles. The number of aryl methyl sites for hydroxylation is 1. The van der Waals surface area contributed by atoms with Gasteiger partial charge in [-0.15, -0.1) is 0 Å². The first kappa shape index (κ1) is 13.0. The lowest BCUT2D eigenvalue weighted by Gasteiger charge is -2.09. The number of halogens is 1. The first-order chi connectivity index (χ1) is 8.69. The van der Waals surface area contributed by atoms with Crippen LogP contribution >= 0.6 is 15.9 Å². The van der Waals surface area contributed by atoms with Gasteiger partial charge in [0.25, 0.3) is 0 Å². The molecule has 0 amide bonds. The van der Waals surface area contributed by atoms with Crippen LogP contribution in [-0.4, -0.2) is 7.11 Å². The smallest absolute Gasteiger partial charge is 0.118 e. The minimum Gasteiger partial charge on any atom is -0.497 e. The van der Waals surface area contributed by atoms with Crippen LogP contribution in [0.5, 0.6) is 5.75 Å². The van der Waals surface area contributed by atoms with Crippen LogP contribution in [0.1, 0.15) is 11.1 Å². The highest BCUT2D eigenvalue weighted by Crippen LogP contribution is 2.20. The molecule has 2 nitrogen and oxygen atoms in total. The van der Waals surface area contributed by atoms with E-state index in [0.29, 0.717) is 0 Å². The number of ether oxygens (including phenoxy) is 1. The van der Waals surface area contributed by atoms with Gasteiger partial charge in [0, 0.05) is 16.7 Å². The molecular weight excluding hydrogens is 290 g/mol. The summed E-state index contributed by atoms with van der Waals surface area (Å²) in [6.07, 6.45) is 0. The Labute approximate surface area is 116 Å². The largest absolute Gasteiger partial charge is 0.497 e. The Balaban J connectivity index is 1.99. The summed E-state index contributed by atoms with van der Waals surface area (Å²) in [5, 5.41) is 3.40. The number of hydrogen-bond donors (Lipinski definition) is 1. The van der Waals surface area contributed by atoms with Gasteiger partial charge in [0.15, 0.2) is 0 Å². The fourth-order valence-corrected chi connectivity index (χ4v) is 1.95. The third-order valence-corrected chi connectivity index (χ3v) is 3.70. The number of methoxy groups -OCH3 is 1. The molecule has 94 valence electrons. The van der Waals surface area contributed by atoms with E-state index in [9.17, 15) is 0 Å². The SMILES string of the molecule is COc1ccc(CNc2ccc(Br)c(C)c2)cc1. The summed E-state index contributed by atoms with van der Waals surface area (Å²) in [6.45, 7) is 2.90. The van der Waals surface area contributed by atoms with Crippen LogP contribution in [0.4, 0.5) is 5.69 Å². The van der Waals surface area contributed by atoms with Gasteiger partial charge in [-0.05, 0) is 48.4 Å². The molecule has 0 spiro atoms. The standard InChI is InChI=1S/C15H16BrNO/c1-11-9-13(5-8-15(11)16)17-10-12-3-6-14(18-2)7-4-12/h3-9,17H,10H2,1-2H3. The van der Waals surface area contributed by atoms with Gasteiger partial charge in [0.2, 0.25) is 0 Å². The normalized spacial score (nSPS) is 10.2. The van der Waals surface area contributed by atoms with Crippen LogP contribution in [0.25, 0.3) is 0 Å². The van der Waals surface area contributed by atoms with E-state index >= 15 is 0 Å². The van der Waals surface area contributed by atoms with Gasteiger partial charge in [0.1, 0.15) is 5.75 Å². The van der Waals surface area contributed by atoms with E-state index in [0.717, 1.165) is 22.5 Å². The summed E-state index contributed by atoms with van der Waals surface area (Å²) in [5.74, 6) is 0.887. The van der Waals surface area contributed by atoms with Gasteiger partial charge in [-0.3, -0.25) is 0 Å². The average molecular weight is 306 g/mol. The summed E-state index contributed by atoms with van der Waals surface area (Å²) >= 11 is 3.50. The zero-order chi connectivity index (χ0) is 13.0. The zero-order valence-electron chi connectivity index (χ0n) is 10.5. The van der Waals surface area contributed by atoms with Crippen LogP contribution in [0.15, 0.2) is 46.9 Å². The van der Waals surface area contributed by atoms with Crippen molar-refractivity contribution in [3.05, 3.63) is 58.1 Å². The van der Waals surface area contributed by atoms with Gasteiger partial charge in [-0.2, -0.15) is 0 Å². The quantitative estimate of drug-likeness (QED) is 0.905. The maximum atomic E-state index is 5.14. The first-order valence-electron chi connectivity index (χ1n) is 5.82. The van der Waals surface area contributed by atoms with Crippen LogP contribution in [0.2, 0.25) is 0 Å². The summed E-state index contributed by atoms with van der Waals surface area (Å²) in [4.78, 5) is 0. The minimum absolute atomic E-state index is 0.811. The highest BCUT2D eigenvalue weighted by atomic mass is 79.9. The maximum Gasteiger partial charge on any atom is 0.118 e. The second kappa shape index (κ2) is 5.91. The Morgan fingerprint density at radius 2 is 1.83 bits per heavy atom. The van der Waals surface area contributed by atoms with Crippen molar-refractivity contribution in [1.82, 2.24) is 0 Å². The average Bonchev–Trinajstić information content (AvgIpc) is 2.41. The fourth-order valence-electron chi connectivity index (χ4n) is 1.70. The third-order valence-electron chi connectivity index (χ3n) is 2.81. The lowest BCUT2D eigenvalue weighted by molar-refractivity contribution is 0.414. The molecule has 0 unspecified atom stereocenters. The number of benzene rings is 2. The third kappa shape index (κ3) is 3.26. The van der Waals surface area contributed by atoms with E-state index in [1.54, 1.807) is 7.11 Å². The monoisotopic (exact) mass is 305 g/mol. The molecule has 18 heavy (non-hydrogen) atoms. The van der Waals surface area contributed by atoms with Gasteiger partial charge in [-0.25, -0.2) is 0 Å². The molecule has 0 radical (unpaired) electrons. The Morgan fingerprint density at radius 1 is 1.11 bits per heavy atom.